The Morgan fingerprint density at radius 1 is 1.43 bits per heavy atom. The molecule has 0 saturated carbocycles. The van der Waals surface area contributed by atoms with E-state index in [1.165, 1.54) is 4.57 Å². The van der Waals surface area contributed by atoms with Crippen LogP contribution in [0.1, 0.15) is 6.92 Å². The van der Waals surface area contributed by atoms with Gasteiger partial charge in [0.05, 0.1) is 5.75 Å². The van der Waals surface area contributed by atoms with Crippen LogP contribution >= 0.6 is 12.2 Å². The maximum Gasteiger partial charge on any atom is 0.342 e. The van der Waals surface area contributed by atoms with Gasteiger partial charge in [0.1, 0.15) is 0 Å². The number of rotatable bonds is 4. The number of sulfone groups is 1. The van der Waals surface area contributed by atoms with Gasteiger partial charge in [-0.05, 0) is 12.2 Å². The van der Waals surface area contributed by atoms with Crippen LogP contribution in [-0.4, -0.2) is 34.7 Å². The van der Waals surface area contributed by atoms with Crippen LogP contribution < -0.4 is 5.69 Å². The molecule has 2 N–H and O–H groups in total. The van der Waals surface area contributed by atoms with Crippen molar-refractivity contribution in [1.82, 2.24) is 14.8 Å². The highest BCUT2D eigenvalue weighted by atomic mass is 32.2. The summed E-state index contributed by atoms with van der Waals surface area (Å²) < 4.78 is 23.7. The van der Waals surface area contributed by atoms with Gasteiger partial charge in [-0.25, -0.2) is 18.3 Å². The fraction of sp³-hybridized carbons (Fsp3) is 0.667. The van der Waals surface area contributed by atoms with Gasteiger partial charge in [0.2, 0.25) is 0 Å². The zero-order valence-electron chi connectivity index (χ0n) is 7.61. The molecule has 80 valence electrons. The van der Waals surface area contributed by atoms with Gasteiger partial charge in [-0.1, -0.05) is 6.92 Å². The molecule has 0 radical (unpaired) electrons. The third-order valence-electron chi connectivity index (χ3n) is 1.83. The summed E-state index contributed by atoms with van der Waals surface area (Å²) in [6, 6.07) is 0. The number of H-pyrrole nitrogens is 2. The largest absolute Gasteiger partial charge is 0.342 e. The summed E-state index contributed by atoms with van der Waals surface area (Å²) in [5.74, 6) is 0.00138. The number of hydrogen-bond acceptors (Lipinski definition) is 4. The van der Waals surface area contributed by atoms with Gasteiger partial charge in [0.15, 0.2) is 14.6 Å². The van der Waals surface area contributed by atoms with E-state index >= 15 is 0 Å². The van der Waals surface area contributed by atoms with E-state index in [-0.39, 0.29) is 22.8 Å². The van der Waals surface area contributed by atoms with E-state index in [1.807, 2.05) is 0 Å². The van der Waals surface area contributed by atoms with Crippen LogP contribution in [0.4, 0.5) is 0 Å². The number of aromatic nitrogens is 3. The van der Waals surface area contributed by atoms with Gasteiger partial charge in [-0.3, -0.25) is 9.67 Å². The first-order valence-corrected chi connectivity index (χ1v) is 6.27. The fourth-order valence-corrected chi connectivity index (χ4v) is 1.89. The lowest BCUT2D eigenvalue weighted by molar-refractivity contribution is 0.588. The fourth-order valence-electron chi connectivity index (χ4n) is 0.912. The molecule has 0 spiro atoms. The molecule has 0 unspecified atom stereocenters. The molecular formula is C6H11N3O3S2. The maximum absolute atomic E-state index is 11.1. The van der Waals surface area contributed by atoms with E-state index in [9.17, 15) is 13.2 Å². The topological polar surface area (TPSA) is 87.7 Å². The van der Waals surface area contributed by atoms with Gasteiger partial charge >= 0.3 is 5.69 Å². The Morgan fingerprint density at radius 3 is 2.50 bits per heavy atom. The molecule has 1 rings (SSSR count). The van der Waals surface area contributed by atoms with E-state index in [1.54, 1.807) is 6.92 Å². The molecule has 0 amide bonds. The van der Waals surface area contributed by atoms with Crippen molar-refractivity contribution in [2.45, 2.75) is 13.5 Å². The second-order valence-electron chi connectivity index (χ2n) is 2.75. The Labute approximate surface area is 85.9 Å². The van der Waals surface area contributed by atoms with Crippen molar-refractivity contribution < 1.29 is 8.42 Å². The van der Waals surface area contributed by atoms with Crippen molar-refractivity contribution in [2.75, 3.05) is 11.5 Å². The van der Waals surface area contributed by atoms with Crippen LogP contribution in [0.5, 0.6) is 0 Å². The smallest absolute Gasteiger partial charge is 0.272 e. The molecule has 0 aromatic carbocycles. The van der Waals surface area contributed by atoms with Crippen molar-refractivity contribution in [3.05, 3.63) is 15.3 Å². The second kappa shape index (κ2) is 4.09. The zero-order valence-corrected chi connectivity index (χ0v) is 9.24. The summed E-state index contributed by atoms with van der Waals surface area (Å²) in [7, 11) is -3.06. The van der Waals surface area contributed by atoms with E-state index in [0.29, 0.717) is 0 Å². The van der Waals surface area contributed by atoms with Gasteiger partial charge in [-0.2, -0.15) is 0 Å². The van der Waals surface area contributed by atoms with Crippen molar-refractivity contribution in [3.8, 4) is 0 Å². The van der Waals surface area contributed by atoms with Crippen LogP contribution in [0, 0.1) is 4.77 Å². The van der Waals surface area contributed by atoms with Crippen molar-refractivity contribution in [2.24, 2.45) is 0 Å². The minimum Gasteiger partial charge on any atom is -0.272 e. The Morgan fingerprint density at radius 2 is 2.07 bits per heavy atom. The van der Waals surface area contributed by atoms with Crippen molar-refractivity contribution >= 4 is 22.1 Å². The summed E-state index contributed by atoms with van der Waals surface area (Å²) >= 11 is 4.78. The Balaban J connectivity index is 2.82. The molecular weight excluding hydrogens is 226 g/mol. The standard InChI is InChI=1S/C6H11N3O3S2/c1-2-14(11,12)4-3-9-5(10)7-8-6(9)13/h2-4H2,1H3,(H,7,10)(H,8,13). The third kappa shape index (κ3) is 2.55. The lowest BCUT2D eigenvalue weighted by Crippen LogP contribution is -2.22. The second-order valence-corrected chi connectivity index (χ2v) is 5.61. The molecule has 1 heterocycles. The van der Waals surface area contributed by atoms with Crippen LogP contribution in [-0.2, 0) is 16.4 Å². The zero-order chi connectivity index (χ0) is 10.8. The normalized spacial score (nSPS) is 11.8. The predicted molar refractivity (Wildman–Crippen MR) is 54.6 cm³/mol. The van der Waals surface area contributed by atoms with Gasteiger partial charge in [0.25, 0.3) is 0 Å². The first-order chi connectivity index (χ1) is 6.46. The molecule has 0 saturated heterocycles. The van der Waals surface area contributed by atoms with Crippen LogP contribution in [0.3, 0.4) is 0 Å². The molecule has 1 aromatic heterocycles. The Kier molecular flexibility index (Phi) is 3.27. The van der Waals surface area contributed by atoms with Crippen LogP contribution in [0.2, 0.25) is 0 Å². The predicted octanol–water partition coefficient (Wildman–Crippen LogP) is -0.331. The maximum atomic E-state index is 11.1. The third-order valence-corrected chi connectivity index (χ3v) is 3.84. The van der Waals surface area contributed by atoms with Crippen LogP contribution in [0.15, 0.2) is 4.79 Å². The minimum atomic E-state index is -3.06. The van der Waals surface area contributed by atoms with Gasteiger partial charge in [-0.15, -0.1) is 0 Å². The summed E-state index contributed by atoms with van der Waals surface area (Å²) in [5.41, 5.74) is -0.415. The first kappa shape index (κ1) is 11.2. The molecule has 0 aliphatic carbocycles. The van der Waals surface area contributed by atoms with Crippen molar-refractivity contribution in [1.29, 1.82) is 0 Å². The van der Waals surface area contributed by atoms with Crippen molar-refractivity contribution in [3.63, 3.8) is 0 Å². The quantitative estimate of drug-likeness (QED) is 0.702. The van der Waals surface area contributed by atoms with Gasteiger partial charge < -0.3 is 0 Å². The molecule has 0 atom stereocenters. The number of aromatic amines is 2. The monoisotopic (exact) mass is 237 g/mol. The SMILES string of the molecule is CCS(=O)(=O)CCn1c(=O)[nH][nH]c1=S. The van der Waals surface area contributed by atoms with Crippen LogP contribution in [0.25, 0.3) is 0 Å². The van der Waals surface area contributed by atoms with E-state index in [4.69, 9.17) is 12.2 Å². The molecule has 8 heteroatoms. The highest BCUT2D eigenvalue weighted by Gasteiger charge is 2.09. The lowest BCUT2D eigenvalue weighted by Gasteiger charge is -2.00. The lowest BCUT2D eigenvalue weighted by atomic mass is 10.7. The first-order valence-electron chi connectivity index (χ1n) is 4.04. The van der Waals surface area contributed by atoms with E-state index in [0.717, 1.165) is 0 Å². The average molecular weight is 237 g/mol. The highest BCUT2D eigenvalue weighted by molar-refractivity contribution is 7.91. The molecule has 0 bridgehead atoms. The van der Waals surface area contributed by atoms with Gasteiger partial charge in [0, 0.05) is 12.3 Å². The number of nitrogens with one attached hydrogen (secondary N) is 2. The highest BCUT2D eigenvalue weighted by Crippen LogP contribution is 1.91. The molecule has 0 aliphatic heterocycles. The summed E-state index contributed by atoms with van der Waals surface area (Å²) in [6.07, 6.45) is 0. The number of hydrogen-bond donors (Lipinski definition) is 2. The van der Waals surface area contributed by atoms with E-state index < -0.39 is 15.5 Å². The Hall–Kier alpha value is -0.890. The summed E-state index contributed by atoms with van der Waals surface area (Å²) in [6.45, 7) is 1.66. The minimum absolute atomic E-state index is 0.0707. The van der Waals surface area contributed by atoms with E-state index in [2.05, 4.69) is 10.2 Å². The number of nitrogens with zero attached hydrogens (tertiary/aromatic N) is 1. The summed E-state index contributed by atoms with van der Waals surface area (Å²) in [5, 5.41) is 4.71. The Bertz CT molecular complexity index is 479. The molecule has 0 fully saturated rings. The summed E-state index contributed by atoms with van der Waals surface area (Å²) in [4.78, 5) is 11.1. The molecule has 0 aliphatic rings. The molecule has 6 nitrogen and oxygen atoms in total. The molecule has 14 heavy (non-hydrogen) atoms. The molecule has 1 aromatic rings. The average Bonchev–Trinajstić information content (AvgIpc) is 2.44.